The fourth-order valence-corrected chi connectivity index (χ4v) is 2.89. The van der Waals surface area contributed by atoms with Crippen molar-refractivity contribution in [1.82, 2.24) is 5.32 Å². The Kier molecular flexibility index (Phi) is 5.06. The first-order valence-electron chi connectivity index (χ1n) is 7.78. The highest BCUT2D eigenvalue weighted by Gasteiger charge is 2.30. The number of nitrogens with zero attached hydrogens (tertiary/aromatic N) is 1. The van der Waals surface area contributed by atoms with Gasteiger partial charge in [-0.2, -0.15) is 0 Å². The second-order valence-electron chi connectivity index (χ2n) is 6.28. The molecule has 0 aliphatic carbocycles. The molecule has 1 amide bonds. The number of amides is 1. The average Bonchev–Trinajstić information content (AvgIpc) is 2.89. The lowest BCUT2D eigenvalue weighted by Gasteiger charge is -2.28. The van der Waals surface area contributed by atoms with Gasteiger partial charge in [0, 0.05) is 12.2 Å². The number of nitrogens with one attached hydrogen (secondary N) is 1. The first-order chi connectivity index (χ1) is 10.4. The van der Waals surface area contributed by atoms with Crippen molar-refractivity contribution in [3.8, 4) is 0 Å². The maximum atomic E-state index is 12.4. The quantitative estimate of drug-likeness (QED) is 0.844. The molecule has 1 aromatic rings. The molecule has 5 heteroatoms. The Hall–Kier alpha value is -2.04. The first kappa shape index (κ1) is 16.3. The van der Waals surface area contributed by atoms with E-state index in [0.29, 0.717) is 6.42 Å². The summed E-state index contributed by atoms with van der Waals surface area (Å²) in [5, 5.41) is 11.9. The molecular weight excluding hydrogens is 280 g/mol. The van der Waals surface area contributed by atoms with Crippen LogP contribution in [0.4, 0.5) is 5.69 Å². The number of carboxylic acids is 1. The van der Waals surface area contributed by atoms with E-state index in [1.165, 1.54) is 5.56 Å². The fourth-order valence-electron chi connectivity index (χ4n) is 2.89. The highest BCUT2D eigenvalue weighted by Crippen LogP contribution is 2.29. The van der Waals surface area contributed by atoms with Crippen LogP contribution in [-0.2, 0) is 16.0 Å². The van der Waals surface area contributed by atoms with Crippen molar-refractivity contribution in [1.29, 1.82) is 0 Å². The number of fused-ring (bicyclic) bond motifs is 1. The summed E-state index contributed by atoms with van der Waals surface area (Å²) in [5.41, 5.74) is 2.31. The smallest absolute Gasteiger partial charge is 0.326 e. The predicted molar refractivity (Wildman–Crippen MR) is 86.0 cm³/mol. The fraction of sp³-hybridized carbons (Fsp3) is 0.529. The van der Waals surface area contributed by atoms with Gasteiger partial charge in [0.1, 0.15) is 12.1 Å². The molecule has 0 aromatic heterocycles. The van der Waals surface area contributed by atoms with Gasteiger partial charge in [0.25, 0.3) is 0 Å². The Balaban J connectivity index is 2.05. The largest absolute Gasteiger partial charge is 0.480 e. The minimum absolute atomic E-state index is 0.212. The Morgan fingerprint density at radius 1 is 1.27 bits per heavy atom. The standard InChI is InChI=1S/C17H24N2O3/c1-11(2)10-14(17(21)22)18-16(20)12(3)19-9-8-13-6-4-5-7-15(13)19/h4-7,11-12,14H,8-10H2,1-3H3,(H,18,20)(H,21,22). The van der Waals surface area contributed by atoms with Gasteiger partial charge in [-0.05, 0) is 37.3 Å². The van der Waals surface area contributed by atoms with E-state index in [-0.39, 0.29) is 17.9 Å². The lowest BCUT2D eigenvalue weighted by molar-refractivity contribution is -0.142. The number of aliphatic carboxylic acids is 1. The van der Waals surface area contributed by atoms with Crippen molar-refractivity contribution in [2.75, 3.05) is 11.4 Å². The topological polar surface area (TPSA) is 69.6 Å². The number of hydrogen-bond donors (Lipinski definition) is 2. The van der Waals surface area contributed by atoms with Crippen LogP contribution in [0.3, 0.4) is 0 Å². The number of carbonyl (C=O) groups excluding carboxylic acids is 1. The Bertz CT molecular complexity index is 557. The number of anilines is 1. The number of rotatable bonds is 6. The van der Waals surface area contributed by atoms with Crippen molar-refractivity contribution in [2.24, 2.45) is 5.92 Å². The molecule has 1 aromatic carbocycles. The van der Waals surface area contributed by atoms with E-state index in [2.05, 4.69) is 11.4 Å². The minimum atomic E-state index is -0.976. The van der Waals surface area contributed by atoms with E-state index in [4.69, 9.17) is 0 Å². The van der Waals surface area contributed by atoms with E-state index >= 15 is 0 Å². The van der Waals surface area contributed by atoms with Crippen molar-refractivity contribution >= 4 is 17.6 Å². The lowest BCUT2D eigenvalue weighted by Crippen LogP contribution is -2.50. The molecule has 1 heterocycles. The predicted octanol–water partition coefficient (Wildman–Crippen LogP) is 2.05. The Morgan fingerprint density at radius 3 is 2.59 bits per heavy atom. The third-order valence-corrected chi connectivity index (χ3v) is 4.09. The van der Waals surface area contributed by atoms with Crippen LogP contribution in [0.15, 0.2) is 24.3 Å². The normalized spacial score (nSPS) is 16.3. The van der Waals surface area contributed by atoms with Crippen molar-refractivity contribution in [3.63, 3.8) is 0 Å². The van der Waals surface area contributed by atoms with Crippen LogP contribution < -0.4 is 10.2 Å². The summed E-state index contributed by atoms with van der Waals surface area (Å²) in [5.74, 6) is -0.995. The number of benzene rings is 1. The second-order valence-corrected chi connectivity index (χ2v) is 6.28. The molecule has 0 radical (unpaired) electrons. The molecule has 120 valence electrons. The summed E-state index contributed by atoms with van der Waals surface area (Å²) in [7, 11) is 0. The summed E-state index contributed by atoms with van der Waals surface area (Å²) < 4.78 is 0. The maximum absolute atomic E-state index is 12.4. The van der Waals surface area contributed by atoms with Gasteiger partial charge in [0.2, 0.25) is 5.91 Å². The number of carbonyl (C=O) groups is 2. The summed E-state index contributed by atoms with van der Waals surface area (Å²) in [6, 6.07) is 6.83. The van der Waals surface area contributed by atoms with Crippen LogP contribution in [0.25, 0.3) is 0 Å². The maximum Gasteiger partial charge on any atom is 0.326 e. The molecule has 22 heavy (non-hydrogen) atoms. The number of para-hydroxylation sites is 1. The summed E-state index contributed by atoms with van der Waals surface area (Å²) in [6.45, 7) is 6.51. The zero-order valence-corrected chi connectivity index (χ0v) is 13.4. The molecule has 0 fully saturated rings. The second kappa shape index (κ2) is 6.81. The molecule has 2 N–H and O–H groups in total. The van der Waals surface area contributed by atoms with Crippen LogP contribution in [0.5, 0.6) is 0 Å². The molecule has 0 saturated carbocycles. The average molecular weight is 304 g/mol. The molecule has 2 unspecified atom stereocenters. The van der Waals surface area contributed by atoms with Gasteiger partial charge < -0.3 is 15.3 Å². The van der Waals surface area contributed by atoms with Crippen LogP contribution in [0.1, 0.15) is 32.8 Å². The molecule has 0 bridgehead atoms. The van der Waals surface area contributed by atoms with Gasteiger partial charge in [-0.25, -0.2) is 4.79 Å². The summed E-state index contributed by atoms with van der Waals surface area (Å²) >= 11 is 0. The SMILES string of the molecule is CC(C)CC(NC(=O)C(C)N1CCc2ccccc21)C(=O)O. The molecule has 5 nitrogen and oxygen atoms in total. The van der Waals surface area contributed by atoms with E-state index < -0.39 is 12.0 Å². The van der Waals surface area contributed by atoms with Crippen molar-refractivity contribution < 1.29 is 14.7 Å². The van der Waals surface area contributed by atoms with Crippen LogP contribution in [-0.4, -0.2) is 35.6 Å². The van der Waals surface area contributed by atoms with E-state index in [0.717, 1.165) is 18.7 Å². The van der Waals surface area contributed by atoms with Gasteiger partial charge in [-0.15, -0.1) is 0 Å². The third-order valence-electron chi connectivity index (χ3n) is 4.09. The monoisotopic (exact) mass is 304 g/mol. The zero-order valence-electron chi connectivity index (χ0n) is 13.4. The van der Waals surface area contributed by atoms with Crippen molar-refractivity contribution in [3.05, 3.63) is 29.8 Å². The van der Waals surface area contributed by atoms with Crippen LogP contribution in [0, 0.1) is 5.92 Å². The molecule has 1 aliphatic rings. The Morgan fingerprint density at radius 2 is 1.95 bits per heavy atom. The first-order valence-corrected chi connectivity index (χ1v) is 7.78. The lowest BCUT2D eigenvalue weighted by atomic mass is 10.0. The van der Waals surface area contributed by atoms with E-state index in [9.17, 15) is 14.7 Å². The molecule has 0 saturated heterocycles. The van der Waals surface area contributed by atoms with Crippen LogP contribution >= 0.6 is 0 Å². The van der Waals surface area contributed by atoms with Gasteiger partial charge in [0.05, 0.1) is 0 Å². The van der Waals surface area contributed by atoms with E-state index in [1.54, 1.807) is 0 Å². The van der Waals surface area contributed by atoms with Gasteiger partial charge in [0.15, 0.2) is 0 Å². The third kappa shape index (κ3) is 3.59. The van der Waals surface area contributed by atoms with Gasteiger partial charge in [-0.1, -0.05) is 32.0 Å². The summed E-state index contributed by atoms with van der Waals surface area (Å²) in [4.78, 5) is 25.7. The highest BCUT2D eigenvalue weighted by atomic mass is 16.4. The van der Waals surface area contributed by atoms with Gasteiger partial charge in [-0.3, -0.25) is 4.79 Å². The van der Waals surface area contributed by atoms with Crippen molar-refractivity contribution in [2.45, 2.75) is 45.7 Å². The molecule has 2 atom stereocenters. The zero-order chi connectivity index (χ0) is 16.3. The molecule has 2 rings (SSSR count). The summed E-state index contributed by atoms with van der Waals surface area (Å²) in [6.07, 6.45) is 1.35. The van der Waals surface area contributed by atoms with Gasteiger partial charge >= 0.3 is 5.97 Å². The highest BCUT2D eigenvalue weighted by molar-refractivity contribution is 5.89. The number of hydrogen-bond acceptors (Lipinski definition) is 3. The van der Waals surface area contributed by atoms with Crippen LogP contribution in [0.2, 0.25) is 0 Å². The number of carboxylic acid groups (broad SMARTS) is 1. The Labute approximate surface area is 131 Å². The van der Waals surface area contributed by atoms with E-state index in [1.807, 2.05) is 43.9 Å². The minimum Gasteiger partial charge on any atom is -0.480 e. The molecule has 0 spiro atoms. The molecular formula is C17H24N2O3. The molecule has 1 aliphatic heterocycles.